The summed E-state index contributed by atoms with van der Waals surface area (Å²) in [4.78, 5) is 0. The summed E-state index contributed by atoms with van der Waals surface area (Å²) in [7, 11) is 0. The van der Waals surface area contributed by atoms with E-state index < -0.39 is 0 Å². The van der Waals surface area contributed by atoms with Crippen molar-refractivity contribution in [2.45, 2.75) is 69.5 Å². The van der Waals surface area contributed by atoms with Gasteiger partial charge in [-0.05, 0) is 32.1 Å². The molecule has 1 unspecified atom stereocenters. The van der Waals surface area contributed by atoms with Crippen LogP contribution in [0.4, 0.5) is 0 Å². The Morgan fingerprint density at radius 1 is 1.06 bits per heavy atom. The molecule has 3 heteroatoms. The molecule has 100 valence electrons. The van der Waals surface area contributed by atoms with Crippen LogP contribution >= 0.6 is 0 Å². The molecule has 0 radical (unpaired) electrons. The highest BCUT2D eigenvalue weighted by Gasteiger charge is 2.31. The molecule has 2 fully saturated rings. The Labute approximate surface area is 105 Å². The number of hydrogen-bond acceptors (Lipinski definition) is 3. The van der Waals surface area contributed by atoms with Crippen molar-refractivity contribution in [1.82, 2.24) is 0 Å². The van der Waals surface area contributed by atoms with Gasteiger partial charge in [-0.1, -0.05) is 25.7 Å². The van der Waals surface area contributed by atoms with E-state index in [1.165, 1.54) is 38.5 Å². The van der Waals surface area contributed by atoms with E-state index in [4.69, 9.17) is 15.2 Å². The van der Waals surface area contributed by atoms with Crippen molar-refractivity contribution in [3.8, 4) is 0 Å². The number of nitrogens with two attached hydrogens (primary N) is 1. The number of ether oxygens (including phenoxy) is 2. The van der Waals surface area contributed by atoms with Gasteiger partial charge in [0.1, 0.15) is 0 Å². The van der Waals surface area contributed by atoms with Crippen LogP contribution in [0.5, 0.6) is 0 Å². The molecule has 0 amide bonds. The van der Waals surface area contributed by atoms with Crippen LogP contribution in [0.15, 0.2) is 0 Å². The van der Waals surface area contributed by atoms with Gasteiger partial charge in [-0.2, -0.15) is 0 Å². The monoisotopic (exact) mass is 241 g/mol. The summed E-state index contributed by atoms with van der Waals surface area (Å²) in [5.74, 6) is 0. The van der Waals surface area contributed by atoms with Crippen LogP contribution in [0.1, 0.15) is 57.8 Å². The van der Waals surface area contributed by atoms with Gasteiger partial charge in [0.2, 0.25) is 0 Å². The van der Waals surface area contributed by atoms with Crippen molar-refractivity contribution in [3.05, 3.63) is 0 Å². The molecule has 2 aliphatic rings. The zero-order valence-corrected chi connectivity index (χ0v) is 11.0. The second-order valence-electron chi connectivity index (χ2n) is 5.60. The van der Waals surface area contributed by atoms with E-state index in [9.17, 15) is 0 Å². The Bertz CT molecular complexity index is 206. The van der Waals surface area contributed by atoms with Gasteiger partial charge in [0, 0.05) is 13.2 Å². The molecule has 0 spiro atoms. The van der Waals surface area contributed by atoms with Crippen molar-refractivity contribution in [3.63, 3.8) is 0 Å². The zero-order valence-electron chi connectivity index (χ0n) is 11.0. The second kappa shape index (κ2) is 6.72. The Balaban J connectivity index is 1.80. The quantitative estimate of drug-likeness (QED) is 0.770. The first kappa shape index (κ1) is 13.3. The predicted octanol–water partition coefficient (Wildman–Crippen LogP) is 2.62. The van der Waals surface area contributed by atoms with Crippen LogP contribution < -0.4 is 5.73 Å². The SMILES string of the molecule is NCC1(OCC2CCCCO2)CCCCCC1. The van der Waals surface area contributed by atoms with E-state index in [0.717, 1.165) is 32.5 Å². The van der Waals surface area contributed by atoms with E-state index in [-0.39, 0.29) is 5.60 Å². The molecule has 2 rings (SSSR count). The largest absolute Gasteiger partial charge is 0.376 e. The number of rotatable bonds is 4. The Morgan fingerprint density at radius 3 is 2.41 bits per heavy atom. The highest BCUT2D eigenvalue weighted by atomic mass is 16.5. The summed E-state index contributed by atoms with van der Waals surface area (Å²) >= 11 is 0. The summed E-state index contributed by atoms with van der Waals surface area (Å²) in [6, 6.07) is 0. The average Bonchev–Trinajstić information content (AvgIpc) is 2.64. The van der Waals surface area contributed by atoms with E-state index in [1.54, 1.807) is 0 Å². The molecule has 0 aromatic carbocycles. The molecule has 1 aliphatic carbocycles. The van der Waals surface area contributed by atoms with Crippen molar-refractivity contribution in [2.24, 2.45) is 5.73 Å². The molecule has 0 aromatic heterocycles. The first-order valence-corrected chi connectivity index (χ1v) is 7.30. The summed E-state index contributed by atoms with van der Waals surface area (Å²) < 4.78 is 11.9. The molecular formula is C14H27NO2. The van der Waals surface area contributed by atoms with Crippen LogP contribution in [0.25, 0.3) is 0 Å². The van der Waals surface area contributed by atoms with Crippen molar-refractivity contribution < 1.29 is 9.47 Å². The lowest BCUT2D eigenvalue weighted by molar-refractivity contribution is -0.109. The van der Waals surface area contributed by atoms with Gasteiger partial charge in [0.05, 0.1) is 18.3 Å². The molecule has 1 saturated heterocycles. The molecular weight excluding hydrogens is 214 g/mol. The predicted molar refractivity (Wildman–Crippen MR) is 69.0 cm³/mol. The lowest BCUT2D eigenvalue weighted by Gasteiger charge is -2.34. The van der Waals surface area contributed by atoms with Crippen LogP contribution in [0.3, 0.4) is 0 Å². The third-order valence-electron chi connectivity index (χ3n) is 4.24. The highest BCUT2D eigenvalue weighted by molar-refractivity contribution is 4.84. The fraction of sp³-hybridized carbons (Fsp3) is 1.00. The normalized spacial score (nSPS) is 29.8. The average molecular weight is 241 g/mol. The van der Waals surface area contributed by atoms with E-state index in [0.29, 0.717) is 12.6 Å². The van der Waals surface area contributed by atoms with Crippen LogP contribution in [0, 0.1) is 0 Å². The zero-order chi connectivity index (χ0) is 12.0. The highest BCUT2D eigenvalue weighted by Crippen LogP contribution is 2.30. The minimum Gasteiger partial charge on any atom is -0.376 e. The fourth-order valence-electron chi connectivity index (χ4n) is 2.99. The maximum atomic E-state index is 6.19. The molecule has 1 atom stereocenters. The van der Waals surface area contributed by atoms with Gasteiger partial charge in [0.25, 0.3) is 0 Å². The molecule has 2 N–H and O–H groups in total. The van der Waals surface area contributed by atoms with Gasteiger partial charge < -0.3 is 15.2 Å². The van der Waals surface area contributed by atoms with E-state index >= 15 is 0 Å². The Kier molecular flexibility index (Phi) is 5.26. The van der Waals surface area contributed by atoms with Crippen molar-refractivity contribution in [1.29, 1.82) is 0 Å². The summed E-state index contributed by atoms with van der Waals surface area (Å²) in [5, 5.41) is 0. The minimum absolute atomic E-state index is 0.0443. The van der Waals surface area contributed by atoms with E-state index in [2.05, 4.69) is 0 Å². The third-order valence-corrected chi connectivity index (χ3v) is 4.24. The topological polar surface area (TPSA) is 44.5 Å². The van der Waals surface area contributed by atoms with Crippen LogP contribution in [-0.2, 0) is 9.47 Å². The second-order valence-corrected chi connectivity index (χ2v) is 5.60. The summed E-state index contributed by atoms with van der Waals surface area (Å²) in [6.45, 7) is 2.32. The summed E-state index contributed by atoms with van der Waals surface area (Å²) in [5.41, 5.74) is 5.91. The molecule has 17 heavy (non-hydrogen) atoms. The number of hydrogen-bond donors (Lipinski definition) is 1. The smallest absolute Gasteiger partial charge is 0.0808 e. The van der Waals surface area contributed by atoms with Gasteiger partial charge in [-0.15, -0.1) is 0 Å². The van der Waals surface area contributed by atoms with Crippen molar-refractivity contribution in [2.75, 3.05) is 19.8 Å². The van der Waals surface area contributed by atoms with Gasteiger partial charge in [-0.25, -0.2) is 0 Å². The van der Waals surface area contributed by atoms with Gasteiger partial charge in [0.15, 0.2) is 0 Å². The lowest BCUT2D eigenvalue weighted by Crippen LogP contribution is -2.42. The van der Waals surface area contributed by atoms with Gasteiger partial charge in [-0.3, -0.25) is 0 Å². The van der Waals surface area contributed by atoms with Crippen LogP contribution in [0.2, 0.25) is 0 Å². The Morgan fingerprint density at radius 2 is 1.82 bits per heavy atom. The summed E-state index contributed by atoms with van der Waals surface area (Å²) in [6.07, 6.45) is 11.4. The van der Waals surface area contributed by atoms with Crippen molar-refractivity contribution >= 4 is 0 Å². The third kappa shape index (κ3) is 3.94. The minimum atomic E-state index is -0.0443. The first-order valence-electron chi connectivity index (χ1n) is 7.30. The molecule has 0 bridgehead atoms. The maximum Gasteiger partial charge on any atom is 0.0808 e. The molecule has 3 nitrogen and oxygen atoms in total. The maximum absolute atomic E-state index is 6.19. The van der Waals surface area contributed by atoms with Crippen LogP contribution in [-0.4, -0.2) is 31.5 Å². The molecule has 0 aromatic rings. The first-order chi connectivity index (χ1) is 8.35. The molecule has 1 saturated carbocycles. The lowest BCUT2D eigenvalue weighted by atomic mass is 9.94. The molecule has 1 aliphatic heterocycles. The fourth-order valence-corrected chi connectivity index (χ4v) is 2.99. The van der Waals surface area contributed by atoms with Gasteiger partial charge >= 0.3 is 0 Å². The molecule has 1 heterocycles. The Hall–Kier alpha value is -0.120. The standard InChI is InChI=1S/C14H27NO2/c15-12-14(8-4-1-2-5-9-14)17-11-13-7-3-6-10-16-13/h13H,1-12,15H2. The van der Waals surface area contributed by atoms with E-state index in [1.807, 2.05) is 0 Å².